The van der Waals surface area contributed by atoms with Crippen LogP contribution in [0.4, 0.5) is 0 Å². The summed E-state index contributed by atoms with van der Waals surface area (Å²) in [5.74, 6) is 0.875. The number of hydrogen-bond donors (Lipinski definition) is 2. The third-order valence-corrected chi connectivity index (χ3v) is 2.48. The summed E-state index contributed by atoms with van der Waals surface area (Å²) in [6, 6.07) is 0.672. The first-order chi connectivity index (χ1) is 5.33. The van der Waals surface area contributed by atoms with Gasteiger partial charge in [0.25, 0.3) is 0 Å². The van der Waals surface area contributed by atoms with Gasteiger partial charge in [-0.25, -0.2) is 0 Å². The monoisotopic (exact) mass is 157 g/mol. The third kappa shape index (κ3) is 3.21. The van der Waals surface area contributed by atoms with Crippen molar-refractivity contribution < 1.29 is 5.11 Å². The van der Waals surface area contributed by atoms with Gasteiger partial charge in [0.15, 0.2) is 0 Å². The highest BCUT2D eigenvalue weighted by molar-refractivity contribution is 4.75. The Kier molecular flexibility index (Phi) is 3.87. The molecule has 2 nitrogen and oxygen atoms in total. The lowest BCUT2D eigenvalue weighted by atomic mass is 9.87. The summed E-state index contributed by atoms with van der Waals surface area (Å²) < 4.78 is 0. The van der Waals surface area contributed by atoms with Crippen molar-refractivity contribution in [3.63, 3.8) is 0 Å². The molecular formula is C9H19NO. The summed E-state index contributed by atoms with van der Waals surface area (Å²) in [5.41, 5.74) is 0. The van der Waals surface area contributed by atoms with E-state index in [-0.39, 0.29) is 6.61 Å². The van der Waals surface area contributed by atoms with Gasteiger partial charge in [-0.15, -0.1) is 0 Å². The highest BCUT2D eigenvalue weighted by atomic mass is 16.3. The highest BCUT2D eigenvalue weighted by Crippen LogP contribution is 2.23. The van der Waals surface area contributed by atoms with Gasteiger partial charge >= 0.3 is 0 Å². The number of nitrogens with one attached hydrogen (secondary N) is 1. The Balaban J connectivity index is 2.12. The van der Waals surface area contributed by atoms with Gasteiger partial charge in [-0.3, -0.25) is 0 Å². The summed E-state index contributed by atoms with van der Waals surface area (Å²) >= 11 is 0. The van der Waals surface area contributed by atoms with Crippen molar-refractivity contribution in [3.05, 3.63) is 0 Å². The Morgan fingerprint density at radius 1 is 1.45 bits per heavy atom. The van der Waals surface area contributed by atoms with Crippen molar-refractivity contribution in [2.24, 2.45) is 5.92 Å². The van der Waals surface area contributed by atoms with Gasteiger partial charge in [0, 0.05) is 12.6 Å². The molecule has 0 aromatic rings. The van der Waals surface area contributed by atoms with Crippen LogP contribution in [0.15, 0.2) is 0 Å². The molecule has 2 heteroatoms. The van der Waals surface area contributed by atoms with Crippen LogP contribution < -0.4 is 5.32 Å². The quantitative estimate of drug-likeness (QED) is 0.644. The molecule has 1 aliphatic rings. The van der Waals surface area contributed by atoms with Crippen LogP contribution >= 0.6 is 0 Å². The third-order valence-electron chi connectivity index (χ3n) is 2.48. The van der Waals surface area contributed by atoms with E-state index in [1.807, 2.05) is 0 Å². The van der Waals surface area contributed by atoms with Crippen LogP contribution in [0.25, 0.3) is 0 Å². The second kappa shape index (κ2) is 4.73. The molecule has 0 bridgehead atoms. The van der Waals surface area contributed by atoms with Crippen molar-refractivity contribution in [3.8, 4) is 0 Å². The van der Waals surface area contributed by atoms with Gasteiger partial charge in [0.1, 0.15) is 0 Å². The van der Waals surface area contributed by atoms with E-state index in [2.05, 4.69) is 12.2 Å². The van der Waals surface area contributed by atoms with Crippen LogP contribution in [-0.4, -0.2) is 24.3 Å². The second-order valence-electron chi connectivity index (χ2n) is 3.65. The zero-order valence-electron chi connectivity index (χ0n) is 7.34. The van der Waals surface area contributed by atoms with E-state index in [4.69, 9.17) is 5.11 Å². The van der Waals surface area contributed by atoms with Gasteiger partial charge in [0.05, 0.1) is 6.61 Å². The number of rotatable bonds is 3. The van der Waals surface area contributed by atoms with E-state index in [0.717, 1.165) is 12.5 Å². The fraction of sp³-hybridized carbons (Fsp3) is 1.00. The molecule has 0 amide bonds. The Morgan fingerprint density at radius 2 is 2.27 bits per heavy atom. The molecule has 1 fully saturated rings. The molecule has 0 spiro atoms. The van der Waals surface area contributed by atoms with Crippen LogP contribution in [0.5, 0.6) is 0 Å². The average Bonchev–Trinajstić information content (AvgIpc) is 2.01. The second-order valence-corrected chi connectivity index (χ2v) is 3.65. The minimum Gasteiger partial charge on any atom is -0.395 e. The maximum Gasteiger partial charge on any atom is 0.0556 e. The lowest BCUT2D eigenvalue weighted by Crippen LogP contribution is -2.35. The maximum atomic E-state index is 8.60. The number of hydrogen-bond acceptors (Lipinski definition) is 2. The summed E-state index contributed by atoms with van der Waals surface area (Å²) in [4.78, 5) is 0. The van der Waals surface area contributed by atoms with E-state index < -0.39 is 0 Å². The van der Waals surface area contributed by atoms with Crippen molar-refractivity contribution in [2.45, 2.75) is 38.6 Å². The average molecular weight is 157 g/mol. The predicted octanol–water partition coefficient (Wildman–Crippen LogP) is 1.15. The van der Waals surface area contributed by atoms with Crippen LogP contribution in [0.3, 0.4) is 0 Å². The molecule has 2 N–H and O–H groups in total. The summed E-state index contributed by atoms with van der Waals surface area (Å²) in [7, 11) is 0. The minimum atomic E-state index is 0.269. The molecule has 1 aliphatic carbocycles. The molecule has 0 radical (unpaired) electrons. The van der Waals surface area contributed by atoms with E-state index in [1.165, 1.54) is 25.7 Å². The van der Waals surface area contributed by atoms with E-state index in [9.17, 15) is 0 Å². The lowest BCUT2D eigenvalue weighted by Gasteiger charge is -2.27. The summed E-state index contributed by atoms with van der Waals surface area (Å²) in [5, 5.41) is 12.0. The maximum absolute atomic E-state index is 8.60. The predicted molar refractivity (Wildman–Crippen MR) is 46.5 cm³/mol. The number of aliphatic hydroxyl groups is 1. The molecular weight excluding hydrogens is 138 g/mol. The van der Waals surface area contributed by atoms with Crippen molar-refractivity contribution in [1.29, 1.82) is 0 Å². The first-order valence-electron chi connectivity index (χ1n) is 4.67. The molecule has 11 heavy (non-hydrogen) atoms. The first-order valence-corrected chi connectivity index (χ1v) is 4.67. The van der Waals surface area contributed by atoms with Crippen LogP contribution in [0.1, 0.15) is 32.6 Å². The van der Waals surface area contributed by atoms with Gasteiger partial charge in [0.2, 0.25) is 0 Å². The summed E-state index contributed by atoms with van der Waals surface area (Å²) in [6.07, 6.45) is 5.33. The first kappa shape index (κ1) is 9.01. The molecule has 0 aromatic carbocycles. The Labute approximate surface area is 69.0 Å². The molecule has 0 aromatic heterocycles. The van der Waals surface area contributed by atoms with E-state index in [0.29, 0.717) is 6.04 Å². The molecule has 0 heterocycles. The molecule has 2 unspecified atom stereocenters. The molecule has 0 aliphatic heterocycles. The molecule has 2 atom stereocenters. The summed E-state index contributed by atoms with van der Waals surface area (Å²) in [6.45, 7) is 3.34. The molecule has 1 saturated carbocycles. The lowest BCUT2D eigenvalue weighted by molar-refractivity contribution is 0.254. The SMILES string of the molecule is CC1CCCC(NCCO)C1. The smallest absolute Gasteiger partial charge is 0.0556 e. The normalized spacial score (nSPS) is 32.2. The van der Waals surface area contributed by atoms with Crippen molar-refractivity contribution in [2.75, 3.05) is 13.2 Å². The molecule has 0 saturated heterocycles. The van der Waals surface area contributed by atoms with Crippen LogP contribution in [-0.2, 0) is 0 Å². The fourth-order valence-corrected chi connectivity index (χ4v) is 1.89. The number of aliphatic hydroxyl groups excluding tert-OH is 1. The zero-order chi connectivity index (χ0) is 8.10. The van der Waals surface area contributed by atoms with Gasteiger partial charge < -0.3 is 10.4 Å². The van der Waals surface area contributed by atoms with E-state index in [1.54, 1.807) is 0 Å². The fourth-order valence-electron chi connectivity index (χ4n) is 1.89. The topological polar surface area (TPSA) is 32.3 Å². The largest absolute Gasteiger partial charge is 0.395 e. The molecule has 1 rings (SSSR count). The molecule has 66 valence electrons. The van der Waals surface area contributed by atoms with Crippen molar-refractivity contribution >= 4 is 0 Å². The Bertz CT molecular complexity index is 106. The van der Waals surface area contributed by atoms with Crippen molar-refractivity contribution in [1.82, 2.24) is 5.32 Å². The van der Waals surface area contributed by atoms with Gasteiger partial charge in [-0.05, 0) is 18.8 Å². The standard InChI is InChI=1S/C9H19NO/c1-8-3-2-4-9(7-8)10-5-6-11/h8-11H,2-7H2,1H3. The Morgan fingerprint density at radius 3 is 2.91 bits per heavy atom. The van der Waals surface area contributed by atoms with Crippen LogP contribution in [0, 0.1) is 5.92 Å². The minimum absolute atomic E-state index is 0.269. The van der Waals surface area contributed by atoms with Crippen LogP contribution in [0.2, 0.25) is 0 Å². The van der Waals surface area contributed by atoms with Gasteiger partial charge in [-0.2, -0.15) is 0 Å². The van der Waals surface area contributed by atoms with Gasteiger partial charge in [-0.1, -0.05) is 19.8 Å². The van der Waals surface area contributed by atoms with E-state index >= 15 is 0 Å². The Hall–Kier alpha value is -0.0800. The highest BCUT2D eigenvalue weighted by Gasteiger charge is 2.17. The zero-order valence-corrected chi connectivity index (χ0v) is 7.34.